The first kappa shape index (κ1) is 20.4. The topological polar surface area (TPSA) is 95.5 Å². The zero-order valence-electron chi connectivity index (χ0n) is 14.6. The zero-order chi connectivity index (χ0) is 17.6. The highest BCUT2D eigenvalue weighted by molar-refractivity contribution is 5.93. The first-order valence-electron chi connectivity index (χ1n) is 7.65. The lowest BCUT2D eigenvalue weighted by atomic mass is 9.68. The van der Waals surface area contributed by atoms with Crippen molar-refractivity contribution >= 4 is 17.8 Å². The number of rotatable bonds is 8. The summed E-state index contributed by atoms with van der Waals surface area (Å²) < 4.78 is 0. The summed E-state index contributed by atoms with van der Waals surface area (Å²) in [6, 6.07) is 0. The van der Waals surface area contributed by atoms with Gasteiger partial charge in [-0.3, -0.25) is 14.4 Å². The van der Waals surface area contributed by atoms with E-state index in [1.54, 1.807) is 0 Å². The quantitative estimate of drug-likeness (QED) is 0.470. The van der Waals surface area contributed by atoms with E-state index in [1.807, 2.05) is 20.8 Å². The predicted molar refractivity (Wildman–Crippen MR) is 85.3 cm³/mol. The first-order valence-corrected chi connectivity index (χ1v) is 7.65. The number of hydrogen-bond acceptors (Lipinski definition) is 3. The summed E-state index contributed by atoms with van der Waals surface area (Å²) >= 11 is 0. The van der Waals surface area contributed by atoms with Crippen molar-refractivity contribution in [1.29, 1.82) is 0 Å². The van der Waals surface area contributed by atoms with Crippen molar-refractivity contribution in [2.24, 2.45) is 16.7 Å². The highest BCUT2D eigenvalue weighted by Crippen LogP contribution is 2.39. The molecule has 0 aliphatic carbocycles. The second-order valence-corrected chi connectivity index (χ2v) is 7.49. The van der Waals surface area contributed by atoms with Crippen LogP contribution in [-0.4, -0.2) is 36.0 Å². The molecule has 0 heterocycles. The van der Waals surface area contributed by atoms with Crippen LogP contribution < -0.4 is 10.6 Å². The largest absolute Gasteiger partial charge is 0.481 e. The van der Waals surface area contributed by atoms with E-state index in [2.05, 4.69) is 31.4 Å². The van der Waals surface area contributed by atoms with E-state index >= 15 is 0 Å². The number of amides is 2. The molecule has 0 aromatic rings. The second kappa shape index (κ2) is 8.15. The van der Waals surface area contributed by atoms with Crippen molar-refractivity contribution in [3.63, 3.8) is 0 Å². The van der Waals surface area contributed by atoms with E-state index < -0.39 is 23.7 Å². The number of carboxylic acid groups (broad SMARTS) is 1. The molecule has 0 fully saturated rings. The maximum absolute atomic E-state index is 12.5. The summed E-state index contributed by atoms with van der Waals surface area (Å²) in [6.07, 6.45) is 0.205. The van der Waals surface area contributed by atoms with Crippen LogP contribution in [0.2, 0.25) is 0 Å². The van der Waals surface area contributed by atoms with Crippen molar-refractivity contribution in [2.75, 3.05) is 13.1 Å². The third-order valence-electron chi connectivity index (χ3n) is 3.74. The van der Waals surface area contributed by atoms with Crippen LogP contribution >= 0.6 is 0 Å². The summed E-state index contributed by atoms with van der Waals surface area (Å²) in [7, 11) is 0. The van der Waals surface area contributed by atoms with Gasteiger partial charge in [0.2, 0.25) is 11.8 Å². The van der Waals surface area contributed by atoms with E-state index in [0.29, 0.717) is 0 Å². The third-order valence-corrected chi connectivity index (χ3v) is 3.74. The molecule has 22 heavy (non-hydrogen) atoms. The molecule has 0 saturated heterocycles. The molecule has 0 aliphatic rings. The van der Waals surface area contributed by atoms with Crippen LogP contribution in [0.4, 0.5) is 0 Å². The molecule has 0 saturated carbocycles. The van der Waals surface area contributed by atoms with Gasteiger partial charge >= 0.3 is 5.97 Å². The van der Waals surface area contributed by atoms with Crippen molar-refractivity contribution in [2.45, 2.75) is 54.4 Å². The fourth-order valence-corrected chi connectivity index (χ4v) is 2.43. The van der Waals surface area contributed by atoms with Crippen molar-refractivity contribution in [3.05, 3.63) is 0 Å². The molecule has 0 aliphatic heterocycles. The average Bonchev–Trinajstić information content (AvgIpc) is 2.30. The summed E-state index contributed by atoms with van der Waals surface area (Å²) in [6.45, 7) is 12.8. The monoisotopic (exact) mass is 314 g/mol. The third kappa shape index (κ3) is 7.43. The van der Waals surface area contributed by atoms with Crippen LogP contribution in [0.3, 0.4) is 0 Å². The molecule has 2 amide bonds. The first-order chi connectivity index (χ1) is 9.88. The fourth-order valence-electron chi connectivity index (χ4n) is 2.43. The predicted octanol–water partition coefficient (Wildman–Crippen LogP) is 1.79. The molecule has 6 nitrogen and oxygen atoms in total. The Bertz CT molecular complexity index is 413. The summed E-state index contributed by atoms with van der Waals surface area (Å²) in [5, 5.41) is 13.8. The average molecular weight is 314 g/mol. The lowest BCUT2D eigenvalue weighted by molar-refractivity contribution is -0.141. The maximum atomic E-state index is 12.5. The Morgan fingerprint density at radius 3 is 1.91 bits per heavy atom. The lowest BCUT2D eigenvalue weighted by Crippen LogP contribution is -2.46. The number of nitrogens with one attached hydrogen (secondary N) is 2. The van der Waals surface area contributed by atoms with Gasteiger partial charge in [0, 0.05) is 18.5 Å². The van der Waals surface area contributed by atoms with Gasteiger partial charge in [-0.05, 0) is 17.8 Å². The molecule has 0 aromatic heterocycles. The highest BCUT2D eigenvalue weighted by atomic mass is 16.4. The van der Waals surface area contributed by atoms with Crippen molar-refractivity contribution in [1.82, 2.24) is 10.6 Å². The smallest absolute Gasteiger partial charge is 0.312 e. The van der Waals surface area contributed by atoms with E-state index in [1.165, 1.54) is 0 Å². The Kier molecular flexibility index (Phi) is 7.56. The SMILES string of the molecule is CC(C)C(C)(CC(C)(C)C)C(=O)NCCNC(=O)CC(=O)O. The summed E-state index contributed by atoms with van der Waals surface area (Å²) in [5.41, 5.74) is -0.449. The number of carbonyl (C=O) groups excluding carboxylic acids is 2. The molecule has 3 N–H and O–H groups in total. The number of aliphatic carboxylic acids is 1. The number of carboxylic acids is 1. The summed E-state index contributed by atoms with van der Waals surface area (Å²) in [4.78, 5) is 34.0. The molecular formula is C16H30N2O4. The van der Waals surface area contributed by atoms with Gasteiger partial charge in [0.15, 0.2) is 0 Å². The zero-order valence-corrected chi connectivity index (χ0v) is 14.6. The minimum absolute atomic E-state index is 0.0338. The molecule has 1 unspecified atom stereocenters. The van der Waals surface area contributed by atoms with E-state index in [-0.39, 0.29) is 30.3 Å². The fraction of sp³-hybridized carbons (Fsp3) is 0.812. The molecule has 1 atom stereocenters. The lowest BCUT2D eigenvalue weighted by Gasteiger charge is -2.37. The Balaban J connectivity index is 4.43. The van der Waals surface area contributed by atoms with Crippen molar-refractivity contribution in [3.8, 4) is 0 Å². The normalized spacial score (nSPS) is 14.3. The van der Waals surface area contributed by atoms with Crippen LogP contribution in [0.15, 0.2) is 0 Å². The van der Waals surface area contributed by atoms with E-state index in [0.717, 1.165) is 6.42 Å². The summed E-state index contributed by atoms with van der Waals surface area (Å²) in [5.74, 6) is -1.57. The van der Waals surface area contributed by atoms with Gasteiger partial charge in [-0.2, -0.15) is 0 Å². The van der Waals surface area contributed by atoms with Crippen LogP contribution in [0.25, 0.3) is 0 Å². The molecule has 128 valence electrons. The van der Waals surface area contributed by atoms with Gasteiger partial charge in [-0.15, -0.1) is 0 Å². The minimum atomic E-state index is -1.17. The van der Waals surface area contributed by atoms with E-state index in [4.69, 9.17) is 5.11 Å². The molecule has 0 bridgehead atoms. The minimum Gasteiger partial charge on any atom is -0.481 e. The molecule has 0 radical (unpaired) electrons. The van der Waals surface area contributed by atoms with Gasteiger partial charge in [-0.25, -0.2) is 0 Å². The van der Waals surface area contributed by atoms with Gasteiger partial charge in [0.1, 0.15) is 6.42 Å². The maximum Gasteiger partial charge on any atom is 0.312 e. The van der Waals surface area contributed by atoms with Gasteiger partial charge in [0.05, 0.1) is 0 Å². The second-order valence-electron chi connectivity index (χ2n) is 7.49. The molecule has 0 spiro atoms. The van der Waals surface area contributed by atoms with Crippen LogP contribution in [0.1, 0.15) is 54.4 Å². The highest BCUT2D eigenvalue weighted by Gasteiger charge is 2.39. The van der Waals surface area contributed by atoms with E-state index in [9.17, 15) is 14.4 Å². The number of hydrogen-bond donors (Lipinski definition) is 3. The van der Waals surface area contributed by atoms with Crippen molar-refractivity contribution < 1.29 is 19.5 Å². The molecule has 6 heteroatoms. The molecule has 0 aromatic carbocycles. The van der Waals surface area contributed by atoms with Crippen LogP contribution in [0.5, 0.6) is 0 Å². The van der Waals surface area contributed by atoms with Gasteiger partial charge in [-0.1, -0.05) is 41.5 Å². The van der Waals surface area contributed by atoms with Gasteiger partial charge in [0.25, 0.3) is 0 Å². The number of carbonyl (C=O) groups is 3. The Labute approximate surface area is 133 Å². The van der Waals surface area contributed by atoms with Crippen LogP contribution in [0, 0.1) is 16.7 Å². The molecule has 0 rings (SSSR count). The van der Waals surface area contributed by atoms with Gasteiger partial charge < -0.3 is 15.7 Å². The Morgan fingerprint density at radius 1 is 1.00 bits per heavy atom. The Hall–Kier alpha value is -1.59. The Morgan fingerprint density at radius 2 is 1.50 bits per heavy atom. The molecular weight excluding hydrogens is 284 g/mol. The standard InChI is InChI=1S/C16H30N2O4/c1-11(2)16(6,10-15(3,4)5)14(22)18-8-7-17-12(19)9-13(20)21/h11H,7-10H2,1-6H3,(H,17,19)(H,18,22)(H,20,21). The van der Waals surface area contributed by atoms with Crippen LogP contribution in [-0.2, 0) is 14.4 Å².